The quantitative estimate of drug-likeness (QED) is 0.377. The van der Waals surface area contributed by atoms with E-state index in [1.807, 2.05) is 0 Å². The molecule has 0 aromatic heterocycles. The smallest absolute Gasteiger partial charge is 0.272 e. The van der Waals surface area contributed by atoms with Crippen molar-refractivity contribution in [2.45, 2.75) is 26.2 Å². The Morgan fingerprint density at radius 1 is 1.36 bits per heavy atom. The molecule has 0 heterocycles. The molecule has 0 unspecified atom stereocenters. The molecule has 0 aliphatic carbocycles. The summed E-state index contributed by atoms with van der Waals surface area (Å²) in [6.07, 6.45) is 8.73. The van der Waals surface area contributed by atoms with Gasteiger partial charge in [-0.05, 0) is 25.3 Å². The minimum Gasteiger partial charge on any atom is -0.481 e. The summed E-state index contributed by atoms with van der Waals surface area (Å²) in [6.45, 7) is 2.10. The number of hydrogen-bond acceptors (Lipinski definition) is 2. The van der Waals surface area contributed by atoms with Crippen LogP contribution >= 0.6 is 0 Å². The first-order chi connectivity index (χ1) is 5.31. The van der Waals surface area contributed by atoms with Crippen molar-refractivity contribution in [1.82, 2.24) is 0 Å². The third kappa shape index (κ3) is 6.97. The Morgan fingerprint density at radius 2 is 2.09 bits per heavy atom. The van der Waals surface area contributed by atoms with Gasteiger partial charge in [-0.25, -0.2) is 0 Å². The third-order valence-corrected chi connectivity index (χ3v) is 1.26. The van der Waals surface area contributed by atoms with Crippen LogP contribution in [0.15, 0.2) is 24.2 Å². The lowest BCUT2D eigenvalue weighted by Gasteiger charge is -1.94. The topological polar surface area (TPSA) is 29.5 Å². The Bertz CT molecular complexity index is 136. The summed E-state index contributed by atoms with van der Waals surface area (Å²) in [7, 11) is 1.45. The number of ether oxygens (including phenoxy) is 1. The van der Waals surface area contributed by atoms with E-state index in [-0.39, 0.29) is 5.95 Å². The van der Waals surface area contributed by atoms with Crippen LogP contribution in [-0.2, 0) is 4.74 Å². The van der Waals surface area contributed by atoms with Crippen LogP contribution in [0.2, 0.25) is 0 Å². The van der Waals surface area contributed by atoms with E-state index in [4.69, 9.17) is 5.11 Å². The van der Waals surface area contributed by atoms with Crippen LogP contribution in [-0.4, -0.2) is 12.2 Å². The average Bonchev–Trinajstić information content (AvgIpc) is 2.04. The highest BCUT2D eigenvalue weighted by Gasteiger charge is 1.85. The van der Waals surface area contributed by atoms with E-state index in [0.29, 0.717) is 0 Å². The van der Waals surface area contributed by atoms with Crippen molar-refractivity contribution in [1.29, 1.82) is 0 Å². The van der Waals surface area contributed by atoms with E-state index >= 15 is 0 Å². The molecule has 11 heavy (non-hydrogen) atoms. The van der Waals surface area contributed by atoms with Gasteiger partial charge in [0.05, 0.1) is 7.11 Å². The van der Waals surface area contributed by atoms with E-state index in [2.05, 4.69) is 23.8 Å². The van der Waals surface area contributed by atoms with Crippen LogP contribution in [0.4, 0.5) is 0 Å². The molecule has 2 heteroatoms. The SMILES string of the molecule is CC/C=C\CC/C=C(/O)OC. The number of aliphatic hydroxyl groups is 1. The second-order valence-electron chi connectivity index (χ2n) is 2.20. The molecular weight excluding hydrogens is 140 g/mol. The second-order valence-corrected chi connectivity index (χ2v) is 2.20. The van der Waals surface area contributed by atoms with Gasteiger partial charge in [0.15, 0.2) is 0 Å². The maximum atomic E-state index is 8.83. The predicted molar refractivity (Wildman–Crippen MR) is 46.4 cm³/mol. The fourth-order valence-corrected chi connectivity index (χ4v) is 0.671. The molecule has 0 spiro atoms. The molecule has 0 rings (SSSR count). The lowest BCUT2D eigenvalue weighted by Crippen LogP contribution is -1.82. The molecule has 0 bridgehead atoms. The zero-order valence-corrected chi connectivity index (χ0v) is 7.21. The number of methoxy groups -OCH3 is 1. The Kier molecular flexibility index (Phi) is 6.59. The van der Waals surface area contributed by atoms with Gasteiger partial charge in [0.2, 0.25) is 0 Å². The van der Waals surface area contributed by atoms with Crippen molar-refractivity contribution in [3.8, 4) is 0 Å². The monoisotopic (exact) mass is 156 g/mol. The lowest BCUT2D eigenvalue weighted by atomic mass is 10.2. The minimum absolute atomic E-state index is 0.00917. The maximum absolute atomic E-state index is 8.83. The summed E-state index contributed by atoms with van der Waals surface area (Å²) in [5.41, 5.74) is 0. The fourth-order valence-electron chi connectivity index (χ4n) is 0.671. The molecule has 0 saturated heterocycles. The first-order valence-electron chi connectivity index (χ1n) is 3.89. The van der Waals surface area contributed by atoms with Gasteiger partial charge in [0.25, 0.3) is 5.95 Å². The Labute approximate surface area is 68.2 Å². The minimum atomic E-state index is 0.00917. The Morgan fingerprint density at radius 3 is 2.64 bits per heavy atom. The molecule has 1 N–H and O–H groups in total. The van der Waals surface area contributed by atoms with E-state index in [1.54, 1.807) is 6.08 Å². The van der Waals surface area contributed by atoms with Crippen LogP contribution in [0.3, 0.4) is 0 Å². The largest absolute Gasteiger partial charge is 0.481 e. The fraction of sp³-hybridized carbons (Fsp3) is 0.556. The summed E-state index contributed by atoms with van der Waals surface area (Å²) >= 11 is 0. The van der Waals surface area contributed by atoms with E-state index in [1.165, 1.54) is 7.11 Å². The van der Waals surface area contributed by atoms with Crippen molar-refractivity contribution in [3.05, 3.63) is 24.2 Å². The molecule has 0 aliphatic rings. The summed E-state index contributed by atoms with van der Waals surface area (Å²) in [5.74, 6) is 0.00917. The Hall–Kier alpha value is -0.920. The van der Waals surface area contributed by atoms with Crippen LogP contribution in [0.5, 0.6) is 0 Å². The highest BCUT2D eigenvalue weighted by atomic mass is 16.6. The first kappa shape index (κ1) is 10.1. The zero-order chi connectivity index (χ0) is 8.53. The normalized spacial score (nSPS) is 12.4. The van der Waals surface area contributed by atoms with Crippen molar-refractivity contribution >= 4 is 0 Å². The molecule has 0 atom stereocenters. The number of unbranched alkanes of at least 4 members (excludes halogenated alkanes) is 1. The standard InChI is InChI=1S/C9H16O2/c1-3-4-5-6-7-8-9(10)11-2/h4-5,8,10H,3,6-7H2,1-2H3/b5-4-,9-8-. The predicted octanol–water partition coefficient (Wildman–Crippen LogP) is 2.78. The van der Waals surface area contributed by atoms with Gasteiger partial charge in [-0.1, -0.05) is 19.1 Å². The summed E-state index contributed by atoms with van der Waals surface area (Å²) < 4.78 is 4.55. The summed E-state index contributed by atoms with van der Waals surface area (Å²) in [5, 5.41) is 8.83. The van der Waals surface area contributed by atoms with Gasteiger partial charge in [0, 0.05) is 0 Å². The summed E-state index contributed by atoms with van der Waals surface area (Å²) in [4.78, 5) is 0. The first-order valence-corrected chi connectivity index (χ1v) is 3.89. The van der Waals surface area contributed by atoms with E-state index in [0.717, 1.165) is 19.3 Å². The highest BCUT2D eigenvalue weighted by molar-refractivity contribution is 4.87. The van der Waals surface area contributed by atoms with Gasteiger partial charge >= 0.3 is 0 Å². The number of allylic oxidation sites excluding steroid dienone is 3. The third-order valence-electron chi connectivity index (χ3n) is 1.26. The Balaban J connectivity index is 3.33. The van der Waals surface area contributed by atoms with Gasteiger partial charge in [-0.15, -0.1) is 0 Å². The molecule has 2 nitrogen and oxygen atoms in total. The highest BCUT2D eigenvalue weighted by Crippen LogP contribution is 1.97. The molecule has 0 saturated carbocycles. The number of hydrogen-bond donors (Lipinski definition) is 1. The molecule has 0 aromatic carbocycles. The van der Waals surface area contributed by atoms with Gasteiger partial charge in [-0.2, -0.15) is 0 Å². The molecule has 0 aliphatic heterocycles. The van der Waals surface area contributed by atoms with Gasteiger partial charge < -0.3 is 9.84 Å². The van der Waals surface area contributed by atoms with Gasteiger partial charge in [0.1, 0.15) is 0 Å². The van der Waals surface area contributed by atoms with Crippen molar-refractivity contribution in [2.75, 3.05) is 7.11 Å². The van der Waals surface area contributed by atoms with Gasteiger partial charge in [-0.3, -0.25) is 0 Å². The maximum Gasteiger partial charge on any atom is 0.272 e. The molecular formula is C9H16O2. The average molecular weight is 156 g/mol. The van der Waals surface area contributed by atoms with E-state index in [9.17, 15) is 0 Å². The molecule has 64 valence electrons. The molecule has 0 radical (unpaired) electrons. The van der Waals surface area contributed by atoms with Crippen molar-refractivity contribution in [2.24, 2.45) is 0 Å². The van der Waals surface area contributed by atoms with Crippen molar-refractivity contribution in [3.63, 3.8) is 0 Å². The van der Waals surface area contributed by atoms with Crippen LogP contribution in [0, 0.1) is 0 Å². The molecule has 0 amide bonds. The zero-order valence-electron chi connectivity index (χ0n) is 7.21. The second kappa shape index (κ2) is 7.19. The van der Waals surface area contributed by atoms with Crippen LogP contribution in [0.25, 0.3) is 0 Å². The van der Waals surface area contributed by atoms with Crippen LogP contribution in [0.1, 0.15) is 26.2 Å². The number of rotatable bonds is 5. The number of aliphatic hydroxyl groups excluding tert-OH is 1. The lowest BCUT2D eigenvalue weighted by molar-refractivity contribution is 0.134. The summed E-state index contributed by atoms with van der Waals surface area (Å²) in [6, 6.07) is 0. The van der Waals surface area contributed by atoms with Crippen LogP contribution < -0.4 is 0 Å². The molecule has 0 aromatic rings. The van der Waals surface area contributed by atoms with E-state index < -0.39 is 0 Å². The van der Waals surface area contributed by atoms with Crippen molar-refractivity contribution < 1.29 is 9.84 Å². The molecule has 0 fully saturated rings.